The summed E-state index contributed by atoms with van der Waals surface area (Å²) in [5.41, 5.74) is -0.717. The van der Waals surface area contributed by atoms with Crippen molar-refractivity contribution in [1.29, 1.82) is 0 Å². The number of halogens is 3. The molecule has 0 aliphatic heterocycles. The van der Waals surface area contributed by atoms with E-state index in [4.69, 9.17) is 0 Å². The number of esters is 1. The Hall–Kier alpha value is -3.18. The zero-order valence-electron chi connectivity index (χ0n) is 12.7. The fourth-order valence-electron chi connectivity index (χ4n) is 1.66. The summed E-state index contributed by atoms with van der Waals surface area (Å²) in [6.45, 7) is -1.27. The van der Waals surface area contributed by atoms with Crippen molar-refractivity contribution in [1.82, 2.24) is 10.6 Å². The van der Waals surface area contributed by atoms with E-state index < -0.39 is 53.4 Å². The molecule has 0 heterocycles. The molecule has 0 saturated carbocycles. The molecule has 0 atom stereocenters. The average molecular weight is 363 g/mol. The van der Waals surface area contributed by atoms with Gasteiger partial charge < -0.3 is 10.1 Å². The molecule has 136 valence electrons. The number of carbonyl (C=O) groups is 3. The molecule has 0 aliphatic rings. The highest BCUT2D eigenvalue weighted by Crippen LogP contribution is 2.23. The number of benzene rings is 1. The Labute approximate surface area is 138 Å². The SMILES string of the molecule is Cc1cccc(C(=O)OCC(=O)NC(=O)NCC(F)(F)F)c1[N+](=O)[O-]. The van der Waals surface area contributed by atoms with E-state index in [0.717, 1.165) is 6.07 Å². The van der Waals surface area contributed by atoms with Crippen molar-refractivity contribution >= 4 is 23.6 Å². The minimum Gasteiger partial charge on any atom is -0.452 e. The second-order valence-corrected chi connectivity index (χ2v) is 4.65. The Morgan fingerprint density at radius 1 is 1.28 bits per heavy atom. The quantitative estimate of drug-likeness (QED) is 0.463. The molecule has 25 heavy (non-hydrogen) atoms. The number of nitro groups is 1. The molecule has 1 aromatic rings. The van der Waals surface area contributed by atoms with E-state index in [0.29, 0.717) is 0 Å². The van der Waals surface area contributed by atoms with Gasteiger partial charge in [-0.3, -0.25) is 20.2 Å². The summed E-state index contributed by atoms with van der Waals surface area (Å²) in [7, 11) is 0. The van der Waals surface area contributed by atoms with Crippen LogP contribution >= 0.6 is 0 Å². The molecule has 9 nitrogen and oxygen atoms in total. The number of alkyl halides is 3. The predicted octanol–water partition coefficient (Wildman–Crippen LogP) is 1.45. The van der Waals surface area contributed by atoms with Gasteiger partial charge in [0.2, 0.25) is 0 Å². The molecule has 0 bridgehead atoms. The first kappa shape index (κ1) is 19.9. The van der Waals surface area contributed by atoms with E-state index in [-0.39, 0.29) is 5.56 Å². The number of nitrogens with zero attached hydrogens (tertiary/aromatic N) is 1. The number of ether oxygens (including phenoxy) is 1. The molecule has 0 radical (unpaired) electrons. The summed E-state index contributed by atoms with van der Waals surface area (Å²) in [5.74, 6) is -2.40. The summed E-state index contributed by atoms with van der Waals surface area (Å²) in [6, 6.07) is 2.44. The van der Waals surface area contributed by atoms with E-state index in [9.17, 15) is 37.7 Å². The summed E-state index contributed by atoms with van der Waals surface area (Å²) in [4.78, 5) is 44.3. The highest BCUT2D eigenvalue weighted by Gasteiger charge is 2.28. The number of hydrogen-bond donors (Lipinski definition) is 2. The van der Waals surface area contributed by atoms with Crippen molar-refractivity contribution in [2.45, 2.75) is 13.1 Å². The van der Waals surface area contributed by atoms with Crippen LogP contribution in [0.5, 0.6) is 0 Å². The molecule has 0 aliphatic carbocycles. The first-order valence-electron chi connectivity index (χ1n) is 6.57. The van der Waals surface area contributed by atoms with Crippen LogP contribution in [0.15, 0.2) is 18.2 Å². The van der Waals surface area contributed by atoms with Crippen molar-refractivity contribution in [3.63, 3.8) is 0 Å². The number of urea groups is 1. The zero-order chi connectivity index (χ0) is 19.2. The molecule has 0 unspecified atom stereocenters. The lowest BCUT2D eigenvalue weighted by Gasteiger charge is -2.09. The molecular formula is C13H12F3N3O6. The van der Waals surface area contributed by atoms with Crippen LogP contribution in [0, 0.1) is 17.0 Å². The van der Waals surface area contributed by atoms with Gasteiger partial charge in [0.15, 0.2) is 6.61 Å². The van der Waals surface area contributed by atoms with Crippen LogP contribution in [0.3, 0.4) is 0 Å². The van der Waals surface area contributed by atoms with Crippen LogP contribution in [0.4, 0.5) is 23.7 Å². The molecule has 2 N–H and O–H groups in total. The Kier molecular flexibility index (Phi) is 6.42. The van der Waals surface area contributed by atoms with Gasteiger partial charge in [-0.2, -0.15) is 13.2 Å². The molecule has 3 amide bonds. The van der Waals surface area contributed by atoms with Gasteiger partial charge in [0, 0.05) is 5.56 Å². The number of hydrogen-bond acceptors (Lipinski definition) is 6. The van der Waals surface area contributed by atoms with Gasteiger partial charge in [-0.05, 0) is 13.0 Å². The lowest BCUT2D eigenvalue weighted by atomic mass is 10.1. The zero-order valence-corrected chi connectivity index (χ0v) is 12.7. The largest absolute Gasteiger partial charge is 0.452 e. The summed E-state index contributed by atoms with van der Waals surface area (Å²) < 4.78 is 40.2. The maximum Gasteiger partial charge on any atom is 0.405 e. The standard InChI is InChI=1S/C13H12F3N3O6/c1-7-3-2-4-8(10(7)19(23)24)11(21)25-5-9(20)18-12(22)17-6-13(14,15)16/h2-4H,5-6H2,1H3,(H2,17,18,20,22). The van der Waals surface area contributed by atoms with Gasteiger partial charge in [0.25, 0.3) is 11.6 Å². The number of nitrogens with one attached hydrogen (secondary N) is 2. The van der Waals surface area contributed by atoms with Crippen molar-refractivity contribution < 1.29 is 37.2 Å². The fraction of sp³-hybridized carbons (Fsp3) is 0.308. The van der Waals surface area contributed by atoms with E-state index in [1.54, 1.807) is 0 Å². The summed E-state index contributed by atoms with van der Waals surface area (Å²) in [5, 5.41) is 13.8. The van der Waals surface area contributed by atoms with Crippen molar-refractivity contribution in [2.75, 3.05) is 13.2 Å². The van der Waals surface area contributed by atoms with Gasteiger partial charge in [0.05, 0.1) is 4.92 Å². The third-order valence-electron chi connectivity index (χ3n) is 2.68. The molecule has 1 aromatic carbocycles. The van der Waals surface area contributed by atoms with Gasteiger partial charge in [-0.25, -0.2) is 9.59 Å². The molecule has 0 spiro atoms. The minimum atomic E-state index is -4.66. The van der Waals surface area contributed by atoms with E-state index in [2.05, 4.69) is 4.74 Å². The second-order valence-electron chi connectivity index (χ2n) is 4.65. The molecule has 0 saturated heterocycles. The first-order valence-corrected chi connectivity index (χ1v) is 6.57. The number of imide groups is 1. The third-order valence-corrected chi connectivity index (χ3v) is 2.68. The number of para-hydroxylation sites is 1. The highest BCUT2D eigenvalue weighted by molar-refractivity contribution is 5.98. The number of nitro benzene ring substituents is 1. The predicted molar refractivity (Wildman–Crippen MR) is 75.7 cm³/mol. The van der Waals surface area contributed by atoms with Crippen LogP contribution < -0.4 is 10.6 Å². The van der Waals surface area contributed by atoms with Gasteiger partial charge in [-0.15, -0.1) is 0 Å². The normalized spacial score (nSPS) is 10.7. The molecule has 0 fully saturated rings. The Morgan fingerprint density at radius 2 is 1.92 bits per heavy atom. The molecule has 0 aromatic heterocycles. The summed E-state index contributed by atoms with van der Waals surface area (Å²) in [6.07, 6.45) is -4.66. The van der Waals surface area contributed by atoms with Crippen molar-refractivity contribution in [3.8, 4) is 0 Å². The second kappa shape index (κ2) is 8.08. The summed E-state index contributed by atoms with van der Waals surface area (Å²) >= 11 is 0. The maximum atomic E-state index is 11.9. The minimum absolute atomic E-state index is 0.190. The monoisotopic (exact) mass is 363 g/mol. The molecular weight excluding hydrogens is 351 g/mol. The van der Waals surface area contributed by atoms with Crippen LogP contribution in [0.25, 0.3) is 0 Å². The number of carbonyl (C=O) groups excluding carboxylic acids is 3. The third kappa shape index (κ3) is 6.45. The van der Waals surface area contributed by atoms with Gasteiger partial charge >= 0.3 is 18.2 Å². The topological polar surface area (TPSA) is 128 Å². The maximum absolute atomic E-state index is 11.9. The van der Waals surface area contributed by atoms with E-state index in [1.165, 1.54) is 29.7 Å². The van der Waals surface area contributed by atoms with Crippen molar-refractivity contribution in [2.24, 2.45) is 0 Å². The van der Waals surface area contributed by atoms with E-state index >= 15 is 0 Å². The Balaban J connectivity index is 2.60. The van der Waals surface area contributed by atoms with Gasteiger partial charge in [0.1, 0.15) is 12.1 Å². The van der Waals surface area contributed by atoms with E-state index in [1.807, 2.05) is 0 Å². The number of aryl methyl sites for hydroxylation is 1. The lowest BCUT2D eigenvalue weighted by Crippen LogP contribution is -2.44. The fourth-order valence-corrected chi connectivity index (χ4v) is 1.66. The smallest absolute Gasteiger partial charge is 0.405 e. The Bertz CT molecular complexity index is 705. The first-order chi connectivity index (χ1) is 11.5. The van der Waals surface area contributed by atoms with Crippen LogP contribution in [0.2, 0.25) is 0 Å². The number of rotatable bonds is 5. The molecule has 1 rings (SSSR count). The average Bonchev–Trinajstić information content (AvgIpc) is 2.49. The van der Waals surface area contributed by atoms with Crippen molar-refractivity contribution in [3.05, 3.63) is 39.4 Å². The molecule has 12 heteroatoms. The van der Waals surface area contributed by atoms with Crippen LogP contribution in [0.1, 0.15) is 15.9 Å². The lowest BCUT2D eigenvalue weighted by molar-refractivity contribution is -0.385. The van der Waals surface area contributed by atoms with Crippen LogP contribution in [-0.2, 0) is 9.53 Å². The Morgan fingerprint density at radius 3 is 2.48 bits per heavy atom. The number of amides is 3. The van der Waals surface area contributed by atoms with Crippen LogP contribution in [-0.4, -0.2) is 42.2 Å². The van der Waals surface area contributed by atoms with Gasteiger partial charge in [-0.1, -0.05) is 12.1 Å². The highest BCUT2D eigenvalue weighted by atomic mass is 19.4.